The minimum Gasteiger partial charge on any atom is -0.354 e. The summed E-state index contributed by atoms with van der Waals surface area (Å²) in [4.78, 5) is 40.4. The highest BCUT2D eigenvalue weighted by Crippen LogP contribution is 2.24. The number of benzene rings is 2. The largest absolute Gasteiger partial charge is 0.354 e. The molecular formula is C25H30ClN3O3. The Hall–Kier alpha value is -2.86. The summed E-state index contributed by atoms with van der Waals surface area (Å²) in [6, 6.07) is 15.3. The molecule has 3 rings (SSSR count). The van der Waals surface area contributed by atoms with Gasteiger partial charge in [-0.2, -0.15) is 0 Å². The van der Waals surface area contributed by atoms with Crippen molar-refractivity contribution in [1.29, 1.82) is 0 Å². The van der Waals surface area contributed by atoms with E-state index in [2.05, 4.69) is 10.6 Å². The van der Waals surface area contributed by atoms with Gasteiger partial charge in [0.15, 0.2) is 0 Å². The van der Waals surface area contributed by atoms with Crippen LogP contribution in [0.5, 0.6) is 0 Å². The maximum atomic E-state index is 13.0. The van der Waals surface area contributed by atoms with Crippen molar-refractivity contribution >= 4 is 29.3 Å². The SMILES string of the molecule is CC(C)CNC(=O)C(NC(=O)c1ccccc1Cl)C1CCN(C(=O)c2ccccc2)CC1. The Morgan fingerprint density at radius 3 is 2.25 bits per heavy atom. The maximum absolute atomic E-state index is 13.0. The van der Waals surface area contributed by atoms with E-state index in [1.54, 1.807) is 36.4 Å². The summed E-state index contributed by atoms with van der Waals surface area (Å²) in [7, 11) is 0. The van der Waals surface area contributed by atoms with Crippen LogP contribution in [0.15, 0.2) is 54.6 Å². The van der Waals surface area contributed by atoms with Crippen LogP contribution in [0.25, 0.3) is 0 Å². The quantitative estimate of drug-likeness (QED) is 0.667. The average Bonchev–Trinajstić information content (AvgIpc) is 2.81. The fourth-order valence-corrected chi connectivity index (χ4v) is 4.10. The molecule has 0 radical (unpaired) electrons. The van der Waals surface area contributed by atoms with Gasteiger partial charge in [-0.1, -0.05) is 55.8 Å². The minimum atomic E-state index is -0.688. The average molecular weight is 456 g/mol. The number of piperidine rings is 1. The molecule has 0 spiro atoms. The molecule has 32 heavy (non-hydrogen) atoms. The third-order valence-electron chi connectivity index (χ3n) is 5.69. The summed E-state index contributed by atoms with van der Waals surface area (Å²) in [5, 5.41) is 6.19. The highest BCUT2D eigenvalue weighted by atomic mass is 35.5. The van der Waals surface area contributed by atoms with Crippen molar-refractivity contribution in [3.8, 4) is 0 Å². The molecule has 1 saturated heterocycles. The van der Waals surface area contributed by atoms with E-state index < -0.39 is 6.04 Å². The lowest BCUT2D eigenvalue weighted by Crippen LogP contribution is -2.54. The highest BCUT2D eigenvalue weighted by molar-refractivity contribution is 6.33. The predicted molar refractivity (Wildman–Crippen MR) is 126 cm³/mol. The van der Waals surface area contributed by atoms with Crippen LogP contribution in [0.1, 0.15) is 47.4 Å². The van der Waals surface area contributed by atoms with Gasteiger partial charge in [0.25, 0.3) is 11.8 Å². The van der Waals surface area contributed by atoms with Gasteiger partial charge in [0.05, 0.1) is 10.6 Å². The van der Waals surface area contributed by atoms with Crippen molar-refractivity contribution in [3.63, 3.8) is 0 Å². The minimum absolute atomic E-state index is 0.00929. The normalized spacial score (nSPS) is 15.3. The molecule has 1 unspecified atom stereocenters. The third-order valence-corrected chi connectivity index (χ3v) is 6.02. The summed E-state index contributed by atoms with van der Waals surface area (Å²) in [5.74, 6) is -0.363. The molecule has 1 fully saturated rings. The molecule has 0 aliphatic carbocycles. The maximum Gasteiger partial charge on any atom is 0.253 e. The first-order chi connectivity index (χ1) is 15.4. The molecular weight excluding hydrogens is 426 g/mol. The third kappa shape index (κ3) is 6.10. The molecule has 2 aromatic carbocycles. The van der Waals surface area contributed by atoms with Gasteiger partial charge >= 0.3 is 0 Å². The van der Waals surface area contributed by atoms with E-state index in [0.29, 0.717) is 54.5 Å². The Morgan fingerprint density at radius 2 is 1.62 bits per heavy atom. The molecule has 0 aromatic heterocycles. The van der Waals surface area contributed by atoms with Crippen molar-refractivity contribution < 1.29 is 14.4 Å². The molecule has 1 atom stereocenters. The van der Waals surface area contributed by atoms with E-state index in [1.807, 2.05) is 36.9 Å². The van der Waals surface area contributed by atoms with E-state index in [4.69, 9.17) is 11.6 Å². The van der Waals surface area contributed by atoms with E-state index in [9.17, 15) is 14.4 Å². The molecule has 0 saturated carbocycles. The van der Waals surface area contributed by atoms with Crippen LogP contribution in [0, 0.1) is 11.8 Å². The standard InChI is InChI=1S/C25H30ClN3O3/c1-17(2)16-27-24(31)22(28-23(30)20-10-6-7-11-21(20)26)18-12-14-29(15-13-18)25(32)19-8-4-3-5-9-19/h3-11,17-18,22H,12-16H2,1-2H3,(H,27,31)(H,28,30). The first-order valence-electron chi connectivity index (χ1n) is 11.0. The number of nitrogens with zero attached hydrogens (tertiary/aromatic N) is 1. The molecule has 0 bridgehead atoms. The highest BCUT2D eigenvalue weighted by Gasteiger charge is 2.34. The molecule has 3 amide bonds. The lowest BCUT2D eigenvalue weighted by Gasteiger charge is -2.36. The molecule has 2 aromatic rings. The van der Waals surface area contributed by atoms with Gasteiger partial charge in [0, 0.05) is 25.2 Å². The molecule has 1 heterocycles. The zero-order chi connectivity index (χ0) is 23.1. The second-order valence-electron chi connectivity index (χ2n) is 8.57. The molecule has 6 nitrogen and oxygen atoms in total. The zero-order valence-electron chi connectivity index (χ0n) is 18.5. The number of carbonyl (C=O) groups excluding carboxylic acids is 3. The summed E-state index contributed by atoms with van der Waals surface area (Å²) in [6.07, 6.45) is 1.25. The Morgan fingerprint density at radius 1 is 1.00 bits per heavy atom. The number of hydrogen-bond donors (Lipinski definition) is 2. The summed E-state index contributed by atoms with van der Waals surface area (Å²) < 4.78 is 0. The Kier molecular flexibility index (Phi) is 8.28. The summed E-state index contributed by atoms with van der Waals surface area (Å²) in [5.41, 5.74) is 0.997. The van der Waals surface area contributed by atoms with Crippen LogP contribution in [-0.4, -0.2) is 48.3 Å². The van der Waals surface area contributed by atoms with Crippen molar-refractivity contribution in [2.24, 2.45) is 11.8 Å². The topological polar surface area (TPSA) is 78.5 Å². The van der Waals surface area contributed by atoms with Crippen molar-refractivity contribution in [2.45, 2.75) is 32.7 Å². The van der Waals surface area contributed by atoms with Gasteiger partial charge in [-0.05, 0) is 48.9 Å². The zero-order valence-corrected chi connectivity index (χ0v) is 19.3. The monoisotopic (exact) mass is 455 g/mol. The first kappa shape index (κ1) is 23.8. The first-order valence-corrected chi connectivity index (χ1v) is 11.4. The van der Waals surface area contributed by atoms with E-state index in [-0.39, 0.29) is 23.6 Å². The van der Waals surface area contributed by atoms with Crippen molar-refractivity contribution in [1.82, 2.24) is 15.5 Å². The van der Waals surface area contributed by atoms with Crippen LogP contribution >= 0.6 is 11.6 Å². The van der Waals surface area contributed by atoms with E-state index in [0.717, 1.165) is 0 Å². The van der Waals surface area contributed by atoms with Crippen LogP contribution in [-0.2, 0) is 4.79 Å². The van der Waals surface area contributed by atoms with Gasteiger partial charge in [0.1, 0.15) is 6.04 Å². The Bertz CT molecular complexity index is 940. The summed E-state index contributed by atoms with van der Waals surface area (Å²) in [6.45, 7) is 5.64. The molecule has 1 aliphatic rings. The number of carbonyl (C=O) groups is 3. The molecule has 1 aliphatic heterocycles. The number of amides is 3. The lowest BCUT2D eigenvalue weighted by atomic mass is 9.88. The van der Waals surface area contributed by atoms with Crippen molar-refractivity contribution in [2.75, 3.05) is 19.6 Å². The van der Waals surface area contributed by atoms with Gasteiger partial charge in [-0.15, -0.1) is 0 Å². The number of halogens is 1. The van der Waals surface area contributed by atoms with Gasteiger partial charge in [0.2, 0.25) is 5.91 Å². The Balaban J connectivity index is 1.69. The van der Waals surface area contributed by atoms with Gasteiger partial charge in [-0.3, -0.25) is 14.4 Å². The van der Waals surface area contributed by atoms with Crippen LogP contribution in [0.2, 0.25) is 5.02 Å². The van der Waals surface area contributed by atoms with E-state index >= 15 is 0 Å². The van der Waals surface area contributed by atoms with Crippen molar-refractivity contribution in [3.05, 3.63) is 70.7 Å². The lowest BCUT2D eigenvalue weighted by molar-refractivity contribution is -0.124. The number of likely N-dealkylation sites (tertiary alicyclic amines) is 1. The fourth-order valence-electron chi connectivity index (χ4n) is 3.88. The summed E-state index contributed by atoms with van der Waals surface area (Å²) >= 11 is 6.18. The molecule has 170 valence electrons. The number of nitrogens with one attached hydrogen (secondary N) is 2. The second kappa shape index (κ2) is 11.1. The fraction of sp³-hybridized carbons (Fsp3) is 0.400. The number of hydrogen-bond acceptors (Lipinski definition) is 3. The molecule has 2 N–H and O–H groups in total. The van der Waals surface area contributed by atoms with Gasteiger partial charge in [-0.25, -0.2) is 0 Å². The number of rotatable bonds is 7. The molecule has 7 heteroatoms. The van der Waals surface area contributed by atoms with E-state index in [1.165, 1.54) is 0 Å². The van der Waals surface area contributed by atoms with Crippen LogP contribution in [0.4, 0.5) is 0 Å². The second-order valence-corrected chi connectivity index (χ2v) is 8.97. The smallest absolute Gasteiger partial charge is 0.253 e. The predicted octanol–water partition coefficient (Wildman–Crippen LogP) is 3.76. The van der Waals surface area contributed by atoms with Gasteiger partial charge < -0.3 is 15.5 Å². The van der Waals surface area contributed by atoms with Crippen LogP contribution in [0.3, 0.4) is 0 Å². The Labute approximate surface area is 194 Å². The van der Waals surface area contributed by atoms with Crippen LogP contribution < -0.4 is 10.6 Å².